The van der Waals surface area contributed by atoms with Crippen molar-refractivity contribution in [2.75, 3.05) is 6.61 Å². The molecule has 3 atom stereocenters. The Morgan fingerprint density at radius 1 is 1.17 bits per heavy atom. The van der Waals surface area contributed by atoms with Gasteiger partial charge in [-0.25, -0.2) is 19.6 Å². The number of hydrazine groups is 1. The van der Waals surface area contributed by atoms with E-state index in [9.17, 15) is 18.7 Å². The van der Waals surface area contributed by atoms with Gasteiger partial charge in [-0.15, -0.1) is 0 Å². The summed E-state index contributed by atoms with van der Waals surface area (Å²) >= 11 is 5.78. The van der Waals surface area contributed by atoms with Gasteiger partial charge in [0, 0.05) is 17.0 Å². The Kier molecular flexibility index (Phi) is 6.48. The first-order valence-corrected chi connectivity index (χ1v) is 12.1. The van der Waals surface area contributed by atoms with Gasteiger partial charge in [-0.05, 0) is 68.4 Å². The second-order valence-corrected chi connectivity index (χ2v) is 10.2. The predicted molar refractivity (Wildman–Crippen MR) is 124 cm³/mol. The average Bonchev–Trinajstić information content (AvgIpc) is 3.33. The number of ether oxygens (including phenoxy) is 2. The molecular formula is C25H28ClF2N3O4. The minimum atomic E-state index is -0.711. The van der Waals surface area contributed by atoms with Gasteiger partial charge >= 0.3 is 0 Å². The largest absolute Gasteiger partial charge is 0.484 e. The second kappa shape index (κ2) is 9.29. The number of amides is 1. The summed E-state index contributed by atoms with van der Waals surface area (Å²) in [6, 6.07) is 8.98. The number of carbonyl (C=O) groups excluding carboxylic acids is 1. The van der Waals surface area contributed by atoms with E-state index in [-0.39, 0.29) is 23.4 Å². The number of aryl methyl sites for hydroxylation is 1. The fourth-order valence-corrected chi connectivity index (χ4v) is 5.65. The maximum absolute atomic E-state index is 13.9. The van der Waals surface area contributed by atoms with E-state index >= 15 is 0 Å². The summed E-state index contributed by atoms with van der Waals surface area (Å²) in [5.41, 5.74) is 6.21. The van der Waals surface area contributed by atoms with Crippen molar-refractivity contribution in [3.8, 4) is 5.75 Å². The zero-order valence-electron chi connectivity index (χ0n) is 19.2. The van der Waals surface area contributed by atoms with Crippen LogP contribution in [0.5, 0.6) is 5.75 Å². The Hall–Kier alpha value is -2.30. The van der Waals surface area contributed by atoms with Crippen molar-refractivity contribution in [3.05, 3.63) is 64.2 Å². The first-order valence-electron chi connectivity index (χ1n) is 11.7. The molecule has 7 nitrogen and oxygen atoms in total. The molecule has 10 heteroatoms. The molecule has 188 valence electrons. The minimum absolute atomic E-state index is 0.0413. The monoisotopic (exact) mass is 507 g/mol. The molecule has 0 radical (unpaired) electrons. The van der Waals surface area contributed by atoms with Crippen LogP contribution < -0.4 is 20.9 Å². The van der Waals surface area contributed by atoms with Gasteiger partial charge in [0.2, 0.25) is 0 Å². The number of halogens is 3. The van der Waals surface area contributed by atoms with Crippen LogP contribution in [0.1, 0.15) is 49.5 Å². The molecule has 4 N–H and O–H groups in total. The molecule has 1 aliphatic heterocycles. The summed E-state index contributed by atoms with van der Waals surface area (Å²) in [5, 5.41) is 14.2. The minimum Gasteiger partial charge on any atom is -0.484 e. The highest BCUT2D eigenvalue weighted by Gasteiger charge is 2.59. The lowest BCUT2D eigenvalue weighted by atomic mass is 9.55. The summed E-state index contributed by atoms with van der Waals surface area (Å²) < 4.78 is 39.2. The first-order chi connectivity index (χ1) is 16.7. The molecule has 2 aromatic rings. The quantitative estimate of drug-likeness (QED) is 0.477. The van der Waals surface area contributed by atoms with E-state index in [1.165, 1.54) is 18.2 Å². The highest BCUT2D eigenvalue weighted by atomic mass is 35.5. The van der Waals surface area contributed by atoms with Crippen LogP contribution in [0.3, 0.4) is 0 Å². The number of carbonyl (C=O) groups is 1. The summed E-state index contributed by atoms with van der Waals surface area (Å²) in [4.78, 5) is 12.6. The highest BCUT2D eigenvalue weighted by molar-refractivity contribution is 6.30. The number of aliphatic hydroxyl groups is 1. The van der Waals surface area contributed by atoms with E-state index in [1.807, 2.05) is 0 Å². The fourth-order valence-electron chi connectivity index (χ4n) is 5.53. The van der Waals surface area contributed by atoms with Gasteiger partial charge in [0.15, 0.2) is 6.61 Å². The van der Waals surface area contributed by atoms with Gasteiger partial charge in [-0.2, -0.15) is 0 Å². The van der Waals surface area contributed by atoms with Crippen molar-refractivity contribution in [1.29, 1.82) is 0 Å². The molecule has 0 spiro atoms. The third-order valence-electron chi connectivity index (χ3n) is 7.69. The number of hydrogen-bond donors (Lipinski definition) is 4. The number of rotatable bonds is 6. The molecule has 0 aromatic heterocycles. The molecule has 2 aromatic carbocycles. The number of benzene rings is 2. The summed E-state index contributed by atoms with van der Waals surface area (Å²) in [6.45, 7) is 1.42. The van der Waals surface area contributed by atoms with Crippen molar-refractivity contribution < 1.29 is 28.2 Å². The fraction of sp³-hybridized carbons (Fsp3) is 0.480. The Labute approximate surface area is 207 Å². The van der Waals surface area contributed by atoms with Gasteiger partial charge in [-0.3, -0.25) is 4.79 Å². The van der Waals surface area contributed by atoms with Crippen LogP contribution in [0, 0.1) is 24.0 Å². The Morgan fingerprint density at radius 2 is 1.94 bits per heavy atom. The number of fused-ring (bicyclic) bond motifs is 3. The summed E-state index contributed by atoms with van der Waals surface area (Å²) in [7, 11) is 0. The molecule has 1 amide bonds. The summed E-state index contributed by atoms with van der Waals surface area (Å²) in [5.74, 6) is -0.932. The predicted octanol–water partition coefficient (Wildman–Crippen LogP) is 3.63. The first kappa shape index (κ1) is 24.4. The Morgan fingerprint density at radius 3 is 2.63 bits per heavy atom. The SMILES string of the molecule is Cc1ccc(OCC(=O)NC23CCC(C4NNC(c5ccc(Cl)c(F)c5)O4)(CC2)[C@@H](O)C3)cc1F. The maximum atomic E-state index is 13.9. The third kappa shape index (κ3) is 4.63. The molecule has 4 fully saturated rings. The maximum Gasteiger partial charge on any atom is 0.258 e. The van der Waals surface area contributed by atoms with Gasteiger partial charge in [0.25, 0.3) is 5.91 Å². The van der Waals surface area contributed by atoms with E-state index in [1.54, 1.807) is 25.1 Å². The lowest BCUT2D eigenvalue weighted by Crippen LogP contribution is -2.66. The molecule has 1 saturated heterocycles. The smallest absolute Gasteiger partial charge is 0.258 e. The van der Waals surface area contributed by atoms with Crippen molar-refractivity contribution in [3.63, 3.8) is 0 Å². The van der Waals surface area contributed by atoms with E-state index < -0.39 is 35.3 Å². The van der Waals surface area contributed by atoms with Crippen LogP contribution in [0.15, 0.2) is 36.4 Å². The van der Waals surface area contributed by atoms with E-state index in [0.717, 1.165) is 0 Å². The molecule has 3 aliphatic carbocycles. The van der Waals surface area contributed by atoms with E-state index in [0.29, 0.717) is 49.0 Å². The molecule has 1 heterocycles. The summed E-state index contributed by atoms with van der Waals surface area (Å²) in [6.07, 6.45) is 1.25. The lowest BCUT2D eigenvalue weighted by Gasteiger charge is -2.57. The molecule has 4 aliphatic rings. The average molecular weight is 508 g/mol. The zero-order valence-corrected chi connectivity index (χ0v) is 20.0. The van der Waals surface area contributed by atoms with E-state index in [4.69, 9.17) is 21.1 Å². The normalized spacial score (nSPS) is 32.0. The third-order valence-corrected chi connectivity index (χ3v) is 8.00. The Bertz CT molecular complexity index is 1130. The molecule has 6 rings (SSSR count). The van der Waals surface area contributed by atoms with Crippen LogP contribution in [0.25, 0.3) is 0 Å². The van der Waals surface area contributed by atoms with Gasteiger partial charge in [0.05, 0.1) is 11.1 Å². The number of hydrogen-bond acceptors (Lipinski definition) is 6. The van der Waals surface area contributed by atoms with Gasteiger partial charge < -0.3 is 19.9 Å². The number of aliphatic hydroxyl groups excluding tert-OH is 1. The highest BCUT2D eigenvalue weighted by Crippen LogP contribution is 2.55. The van der Waals surface area contributed by atoms with Gasteiger partial charge in [0.1, 0.15) is 29.8 Å². The zero-order chi connectivity index (χ0) is 24.8. The number of nitrogens with one attached hydrogen (secondary N) is 3. The Balaban J connectivity index is 1.19. The van der Waals surface area contributed by atoms with Crippen LogP contribution >= 0.6 is 11.6 Å². The second-order valence-electron chi connectivity index (χ2n) is 9.84. The van der Waals surface area contributed by atoms with Crippen LogP contribution in [-0.2, 0) is 9.53 Å². The standard InChI is InChI=1S/C25H28ClF2N3O4/c1-14-2-4-16(11-18(14)27)34-13-21(33)29-24-6-8-25(9-7-24,20(32)12-24)23-31-30-22(35-23)15-3-5-17(26)19(28)10-15/h2-5,10-11,20,22-23,30-32H,6-9,12-13H2,1H3,(H,29,33)/t20-,22?,23?,24?,25?/m0/s1. The molecular weight excluding hydrogens is 480 g/mol. The van der Waals surface area contributed by atoms with Crippen LogP contribution in [0.2, 0.25) is 5.02 Å². The topological polar surface area (TPSA) is 91.9 Å². The van der Waals surface area contributed by atoms with Crippen LogP contribution in [-0.4, -0.2) is 35.5 Å². The molecule has 3 saturated carbocycles. The van der Waals surface area contributed by atoms with E-state index in [2.05, 4.69) is 16.2 Å². The lowest BCUT2D eigenvalue weighted by molar-refractivity contribution is -0.173. The molecule has 35 heavy (non-hydrogen) atoms. The van der Waals surface area contributed by atoms with Gasteiger partial charge in [-0.1, -0.05) is 23.7 Å². The molecule has 2 unspecified atom stereocenters. The molecule has 2 bridgehead atoms. The van der Waals surface area contributed by atoms with Crippen LogP contribution in [0.4, 0.5) is 8.78 Å². The van der Waals surface area contributed by atoms with Crippen molar-refractivity contribution in [2.24, 2.45) is 5.41 Å². The van der Waals surface area contributed by atoms with Crippen molar-refractivity contribution in [1.82, 2.24) is 16.2 Å². The van der Waals surface area contributed by atoms with Crippen molar-refractivity contribution >= 4 is 17.5 Å². The van der Waals surface area contributed by atoms with Crippen molar-refractivity contribution in [2.45, 2.75) is 63.1 Å².